The molecule has 0 bridgehead atoms. The Morgan fingerprint density at radius 2 is 1.65 bits per heavy atom. The first kappa shape index (κ1) is 20.7. The van der Waals surface area contributed by atoms with Crippen LogP contribution in [-0.2, 0) is 14.8 Å². The minimum atomic E-state index is -3.83. The van der Waals surface area contributed by atoms with Gasteiger partial charge in [0, 0.05) is 24.5 Å². The number of carbonyl (C=O) groups excluding carboxylic acids is 1. The minimum Gasteiger partial charge on any atom is -0.279 e. The fourth-order valence-electron chi connectivity index (χ4n) is 3.58. The fraction of sp³-hybridized carbons (Fsp3) is 0.130. The quantitative estimate of drug-likeness (QED) is 0.646. The molecule has 1 aliphatic rings. The third kappa shape index (κ3) is 4.20. The largest absolute Gasteiger partial charge is 0.279 e. The van der Waals surface area contributed by atoms with Gasteiger partial charge < -0.3 is 0 Å². The van der Waals surface area contributed by atoms with Gasteiger partial charge in [0.15, 0.2) is 0 Å². The molecule has 0 unspecified atom stereocenters. The van der Waals surface area contributed by atoms with Gasteiger partial charge in [0.25, 0.3) is 10.0 Å². The van der Waals surface area contributed by atoms with Gasteiger partial charge in [-0.3, -0.25) is 9.52 Å². The molecule has 0 radical (unpaired) electrons. The first-order valence-corrected chi connectivity index (χ1v) is 11.1. The summed E-state index contributed by atoms with van der Waals surface area (Å²) in [6.45, 7) is 1.37. The van der Waals surface area contributed by atoms with Gasteiger partial charge in [-0.25, -0.2) is 17.8 Å². The molecule has 1 heterocycles. The Kier molecular flexibility index (Phi) is 5.56. The number of carbonyl (C=O) groups is 1. The number of hydrazone groups is 1. The highest BCUT2D eigenvalue weighted by Gasteiger charge is 2.34. The van der Waals surface area contributed by atoms with Crippen LogP contribution in [0.4, 0.5) is 10.1 Å². The number of halogens is 1. The van der Waals surface area contributed by atoms with E-state index in [1.54, 1.807) is 60.7 Å². The second-order valence-electron chi connectivity index (χ2n) is 7.12. The molecule has 1 amide bonds. The Morgan fingerprint density at radius 3 is 2.35 bits per heavy atom. The van der Waals surface area contributed by atoms with E-state index in [1.165, 1.54) is 30.1 Å². The van der Waals surface area contributed by atoms with Crippen molar-refractivity contribution in [3.63, 3.8) is 0 Å². The lowest BCUT2D eigenvalue weighted by Crippen LogP contribution is -2.25. The molecule has 0 aliphatic carbocycles. The summed E-state index contributed by atoms with van der Waals surface area (Å²) < 4.78 is 42.6. The predicted octanol–water partition coefficient (Wildman–Crippen LogP) is 4.32. The zero-order valence-electron chi connectivity index (χ0n) is 16.7. The van der Waals surface area contributed by atoms with Crippen molar-refractivity contribution >= 4 is 27.3 Å². The number of amides is 1. The second kappa shape index (κ2) is 8.31. The summed E-state index contributed by atoms with van der Waals surface area (Å²) in [4.78, 5) is 12.4. The van der Waals surface area contributed by atoms with Crippen LogP contribution in [0, 0.1) is 5.82 Å². The summed E-state index contributed by atoms with van der Waals surface area (Å²) in [5.74, 6) is -0.750. The molecule has 3 aromatic rings. The number of rotatable bonds is 5. The van der Waals surface area contributed by atoms with Gasteiger partial charge in [0.2, 0.25) is 5.91 Å². The van der Waals surface area contributed by atoms with E-state index in [9.17, 15) is 17.6 Å². The van der Waals surface area contributed by atoms with E-state index < -0.39 is 21.9 Å². The van der Waals surface area contributed by atoms with E-state index in [4.69, 9.17) is 0 Å². The number of benzene rings is 3. The van der Waals surface area contributed by atoms with E-state index in [2.05, 4.69) is 9.82 Å². The van der Waals surface area contributed by atoms with Gasteiger partial charge in [-0.15, -0.1) is 0 Å². The van der Waals surface area contributed by atoms with E-state index in [1.807, 2.05) is 0 Å². The molecule has 0 fully saturated rings. The van der Waals surface area contributed by atoms with E-state index in [-0.39, 0.29) is 17.2 Å². The molecule has 1 N–H and O–H groups in total. The maximum atomic E-state index is 14.3. The Hall–Kier alpha value is -3.52. The van der Waals surface area contributed by atoms with Gasteiger partial charge in [-0.05, 0) is 24.3 Å². The second-order valence-corrected chi connectivity index (χ2v) is 8.80. The molecule has 0 saturated carbocycles. The number of hydrogen-bond acceptors (Lipinski definition) is 4. The highest BCUT2D eigenvalue weighted by molar-refractivity contribution is 7.92. The standard InChI is InChI=1S/C23H20FN3O3S/c1-16(28)27-23(15-22(25-27)18-11-5-7-13-20(18)24)19-12-6-8-14-21(19)26-31(29,30)17-9-3-2-4-10-17/h2-14,23,26H,15H2,1H3/t23-/m0/s1. The number of sulfonamides is 1. The third-order valence-corrected chi connectivity index (χ3v) is 6.42. The van der Waals surface area contributed by atoms with Gasteiger partial charge in [-0.2, -0.15) is 5.10 Å². The van der Waals surface area contributed by atoms with Crippen molar-refractivity contribution in [2.24, 2.45) is 5.10 Å². The fourth-order valence-corrected chi connectivity index (χ4v) is 4.69. The summed E-state index contributed by atoms with van der Waals surface area (Å²) >= 11 is 0. The van der Waals surface area contributed by atoms with Crippen molar-refractivity contribution in [3.05, 3.63) is 95.8 Å². The Morgan fingerprint density at radius 1 is 1.00 bits per heavy atom. The predicted molar refractivity (Wildman–Crippen MR) is 117 cm³/mol. The minimum absolute atomic E-state index is 0.128. The highest BCUT2D eigenvalue weighted by Crippen LogP contribution is 2.37. The van der Waals surface area contributed by atoms with Crippen LogP contribution in [0.15, 0.2) is 88.9 Å². The van der Waals surface area contributed by atoms with Crippen molar-refractivity contribution < 1.29 is 17.6 Å². The Balaban J connectivity index is 1.70. The number of anilines is 1. The van der Waals surface area contributed by atoms with E-state index in [0.29, 0.717) is 22.5 Å². The van der Waals surface area contributed by atoms with Gasteiger partial charge in [0.05, 0.1) is 22.3 Å². The lowest BCUT2D eigenvalue weighted by molar-refractivity contribution is -0.130. The topological polar surface area (TPSA) is 78.8 Å². The van der Waals surface area contributed by atoms with Gasteiger partial charge in [-0.1, -0.05) is 54.6 Å². The van der Waals surface area contributed by atoms with Crippen LogP contribution in [0.2, 0.25) is 0 Å². The molecule has 3 aromatic carbocycles. The SMILES string of the molecule is CC(=O)N1N=C(c2ccccc2F)C[C@H]1c1ccccc1NS(=O)(=O)c1ccccc1. The average molecular weight is 437 g/mol. The smallest absolute Gasteiger partial charge is 0.261 e. The van der Waals surface area contributed by atoms with Crippen LogP contribution < -0.4 is 4.72 Å². The maximum absolute atomic E-state index is 14.3. The average Bonchev–Trinajstić information content (AvgIpc) is 3.20. The van der Waals surface area contributed by atoms with Crippen LogP contribution in [0.25, 0.3) is 0 Å². The molecule has 31 heavy (non-hydrogen) atoms. The van der Waals surface area contributed by atoms with Crippen LogP contribution in [0.1, 0.15) is 30.5 Å². The molecule has 4 rings (SSSR count). The van der Waals surface area contributed by atoms with Crippen molar-refractivity contribution in [2.45, 2.75) is 24.3 Å². The Bertz CT molecular complexity index is 1260. The molecule has 6 nitrogen and oxygen atoms in total. The molecule has 0 aromatic heterocycles. The van der Waals surface area contributed by atoms with E-state index in [0.717, 1.165) is 0 Å². The summed E-state index contributed by atoms with van der Waals surface area (Å²) in [5, 5.41) is 5.63. The summed E-state index contributed by atoms with van der Waals surface area (Å²) in [7, 11) is -3.83. The summed E-state index contributed by atoms with van der Waals surface area (Å²) in [6.07, 6.45) is 0.255. The molecule has 1 aliphatic heterocycles. The summed E-state index contributed by atoms with van der Waals surface area (Å²) in [5.41, 5.74) is 1.66. The lowest BCUT2D eigenvalue weighted by atomic mass is 9.97. The van der Waals surface area contributed by atoms with Gasteiger partial charge >= 0.3 is 0 Å². The van der Waals surface area contributed by atoms with Crippen molar-refractivity contribution in [2.75, 3.05) is 4.72 Å². The number of nitrogens with one attached hydrogen (secondary N) is 1. The molecule has 0 saturated heterocycles. The molecule has 158 valence electrons. The molecule has 8 heteroatoms. The number of nitrogens with zero attached hydrogens (tertiary/aromatic N) is 2. The first-order chi connectivity index (χ1) is 14.9. The van der Waals surface area contributed by atoms with Crippen LogP contribution in [-0.4, -0.2) is 25.0 Å². The number of hydrogen-bond donors (Lipinski definition) is 1. The summed E-state index contributed by atoms with van der Waals surface area (Å²) in [6, 6.07) is 20.5. The molecule has 0 spiro atoms. The van der Waals surface area contributed by atoms with Crippen molar-refractivity contribution in [1.82, 2.24) is 5.01 Å². The number of para-hydroxylation sites is 1. The first-order valence-electron chi connectivity index (χ1n) is 9.66. The zero-order chi connectivity index (χ0) is 22.0. The monoisotopic (exact) mass is 437 g/mol. The van der Waals surface area contributed by atoms with Crippen molar-refractivity contribution in [1.29, 1.82) is 0 Å². The zero-order valence-corrected chi connectivity index (χ0v) is 17.5. The van der Waals surface area contributed by atoms with Gasteiger partial charge in [0.1, 0.15) is 5.82 Å². The van der Waals surface area contributed by atoms with Crippen LogP contribution >= 0.6 is 0 Å². The van der Waals surface area contributed by atoms with E-state index >= 15 is 0 Å². The highest BCUT2D eigenvalue weighted by atomic mass is 32.2. The molecular weight excluding hydrogens is 417 g/mol. The van der Waals surface area contributed by atoms with Crippen LogP contribution in [0.3, 0.4) is 0 Å². The Labute approximate surface area is 180 Å². The normalized spacial score (nSPS) is 16.1. The third-order valence-electron chi connectivity index (χ3n) is 5.04. The molecule has 1 atom stereocenters. The van der Waals surface area contributed by atoms with Crippen molar-refractivity contribution in [3.8, 4) is 0 Å². The van der Waals surface area contributed by atoms with Crippen LogP contribution in [0.5, 0.6) is 0 Å². The lowest BCUT2D eigenvalue weighted by Gasteiger charge is -2.23. The maximum Gasteiger partial charge on any atom is 0.261 e. The molecular formula is C23H20FN3O3S.